The van der Waals surface area contributed by atoms with E-state index in [4.69, 9.17) is 5.11 Å². The van der Waals surface area contributed by atoms with E-state index in [1.54, 1.807) is 24.3 Å². The standard InChI is InChI=1S/C15H20N2O4/c1-3-8-16-13(9-14(19)20)15(21)11-4-6-12(7-5-11)17-10(2)18/h4-7,13,16H,3,8-9H2,1-2H3,(H,17,18)(H,19,20). The summed E-state index contributed by atoms with van der Waals surface area (Å²) in [5, 5.41) is 14.4. The van der Waals surface area contributed by atoms with Gasteiger partial charge in [-0.05, 0) is 37.2 Å². The van der Waals surface area contributed by atoms with Gasteiger partial charge in [0.05, 0.1) is 12.5 Å². The quantitative estimate of drug-likeness (QED) is 0.633. The van der Waals surface area contributed by atoms with Crippen molar-refractivity contribution in [3.8, 4) is 0 Å². The van der Waals surface area contributed by atoms with Crippen molar-refractivity contribution in [1.29, 1.82) is 0 Å². The molecular weight excluding hydrogens is 272 g/mol. The van der Waals surface area contributed by atoms with Crippen molar-refractivity contribution in [1.82, 2.24) is 5.32 Å². The van der Waals surface area contributed by atoms with Gasteiger partial charge in [-0.15, -0.1) is 0 Å². The number of ketones is 1. The number of nitrogens with one attached hydrogen (secondary N) is 2. The molecule has 1 amide bonds. The number of aliphatic carboxylic acids is 1. The van der Waals surface area contributed by atoms with Crippen molar-refractivity contribution in [3.63, 3.8) is 0 Å². The molecule has 0 bridgehead atoms. The van der Waals surface area contributed by atoms with E-state index >= 15 is 0 Å². The molecule has 0 saturated heterocycles. The normalized spacial score (nSPS) is 11.7. The van der Waals surface area contributed by atoms with Crippen LogP contribution < -0.4 is 10.6 Å². The molecule has 114 valence electrons. The number of amides is 1. The summed E-state index contributed by atoms with van der Waals surface area (Å²) in [5.74, 6) is -1.48. The van der Waals surface area contributed by atoms with Crippen LogP contribution >= 0.6 is 0 Å². The van der Waals surface area contributed by atoms with Gasteiger partial charge in [-0.2, -0.15) is 0 Å². The number of rotatable bonds is 8. The van der Waals surface area contributed by atoms with Crippen molar-refractivity contribution < 1.29 is 19.5 Å². The highest BCUT2D eigenvalue weighted by Gasteiger charge is 2.22. The summed E-state index contributed by atoms with van der Waals surface area (Å²) in [6, 6.07) is 5.65. The van der Waals surface area contributed by atoms with Gasteiger partial charge in [-0.1, -0.05) is 6.92 Å². The first kappa shape index (κ1) is 16.8. The Morgan fingerprint density at radius 3 is 2.29 bits per heavy atom. The number of hydrogen-bond donors (Lipinski definition) is 3. The maximum absolute atomic E-state index is 12.3. The fourth-order valence-electron chi connectivity index (χ4n) is 1.87. The predicted octanol–water partition coefficient (Wildman–Crippen LogP) is 1.67. The number of hydrogen-bond acceptors (Lipinski definition) is 4. The summed E-state index contributed by atoms with van der Waals surface area (Å²) in [6.07, 6.45) is 0.553. The first-order valence-electron chi connectivity index (χ1n) is 6.81. The SMILES string of the molecule is CCCNC(CC(=O)O)C(=O)c1ccc(NC(C)=O)cc1. The molecule has 0 fully saturated rings. The lowest BCUT2D eigenvalue weighted by atomic mass is 10.0. The Balaban J connectivity index is 2.82. The molecule has 1 aromatic rings. The summed E-state index contributed by atoms with van der Waals surface area (Å²) in [6.45, 7) is 3.92. The van der Waals surface area contributed by atoms with Crippen molar-refractivity contribution >= 4 is 23.3 Å². The van der Waals surface area contributed by atoms with E-state index in [2.05, 4.69) is 10.6 Å². The molecule has 0 heterocycles. The first-order valence-corrected chi connectivity index (χ1v) is 6.81. The minimum atomic E-state index is -1.02. The zero-order valence-electron chi connectivity index (χ0n) is 12.2. The smallest absolute Gasteiger partial charge is 0.305 e. The summed E-state index contributed by atoms with van der Waals surface area (Å²) in [7, 11) is 0. The van der Waals surface area contributed by atoms with Gasteiger partial charge in [0.1, 0.15) is 0 Å². The van der Waals surface area contributed by atoms with Crippen LogP contribution in [0, 0.1) is 0 Å². The summed E-state index contributed by atoms with van der Waals surface area (Å²) < 4.78 is 0. The second-order valence-corrected chi connectivity index (χ2v) is 4.73. The second kappa shape index (κ2) is 8.16. The van der Waals surface area contributed by atoms with Gasteiger partial charge in [-0.3, -0.25) is 14.4 Å². The number of carboxylic acid groups (broad SMARTS) is 1. The molecule has 0 spiro atoms. The van der Waals surface area contributed by atoms with Crippen molar-refractivity contribution in [3.05, 3.63) is 29.8 Å². The minimum Gasteiger partial charge on any atom is -0.481 e. The molecule has 6 nitrogen and oxygen atoms in total. The average molecular weight is 292 g/mol. The van der Waals surface area contributed by atoms with Crippen molar-refractivity contribution in [2.75, 3.05) is 11.9 Å². The fourth-order valence-corrected chi connectivity index (χ4v) is 1.87. The van der Waals surface area contributed by atoms with Crippen LogP contribution in [0.4, 0.5) is 5.69 Å². The number of carboxylic acids is 1. The third-order valence-electron chi connectivity index (χ3n) is 2.83. The van der Waals surface area contributed by atoms with Crippen molar-refractivity contribution in [2.24, 2.45) is 0 Å². The van der Waals surface area contributed by atoms with Gasteiger partial charge >= 0.3 is 5.97 Å². The third kappa shape index (κ3) is 5.74. The molecule has 0 saturated carbocycles. The fraction of sp³-hybridized carbons (Fsp3) is 0.400. The van der Waals surface area contributed by atoms with Gasteiger partial charge in [0.25, 0.3) is 0 Å². The van der Waals surface area contributed by atoms with E-state index in [0.717, 1.165) is 6.42 Å². The summed E-state index contributed by atoms with van der Waals surface area (Å²) >= 11 is 0. The predicted molar refractivity (Wildman–Crippen MR) is 79.4 cm³/mol. The first-order chi connectivity index (χ1) is 9.93. The Hall–Kier alpha value is -2.21. The van der Waals surface area contributed by atoms with E-state index in [1.165, 1.54) is 6.92 Å². The van der Waals surface area contributed by atoms with Gasteiger partial charge in [-0.25, -0.2) is 0 Å². The summed E-state index contributed by atoms with van der Waals surface area (Å²) in [5.41, 5.74) is 1.01. The molecule has 6 heteroatoms. The minimum absolute atomic E-state index is 0.192. The Morgan fingerprint density at radius 1 is 1.19 bits per heavy atom. The van der Waals surface area contributed by atoms with Gasteiger partial charge in [0, 0.05) is 18.2 Å². The maximum Gasteiger partial charge on any atom is 0.305 e. The lowest BCUT2D eigenvalue weighted by Gasteiger charge is -2.15. The molecule has 1 rings (SSSR count). The van der Waals surface area contributed by atoms with Crippen LogP contribution in [0.3, 0.4) is 0 Å². The molecule has 1 atom stereocenters. The number of carbonyl (C=O) groups excluding carboxylic acids is 2. The molecule has 1 unspecified atom stereocenters. The van der Waals surface area contributed by atoms with Gasteiger partial charge in [0.15, 0.2) is 5.78 Å². The average Bonchev–Trinajstić information content (AvgIpc) is 2.42. The molecule has 0 aliphatic rings. The zero-order chi connectivity index (χ0) is 15.8. The zero-order valence-corrected chi connectivity index (χ0v) is 12.2. The van der Waals surface area contributed by atoms with Gasteiger partial charge in [0.2, 0.25) is 5.91 Å². The number of carbonyl (C=O) groups is 3. The number of anilines is 1. The number of benzene rings is 1. The van der Waals surface area contributed by atoms with Crippen LogP contribution in [-0.2, 0) is 9.59 Å². The van der Waals surface area contributed by atoms with E-state index in [0.29, 0.717) is 17.8 Å². The van der Waals surface area contributed by atoms with Crippen molar-refractivity contribution in [2.45, 2.75) is 32.7 Å². The Morgan fingerprint density at radius 2 is 1.81 bits per heavy atom. The molecule has 0 aliphatic heterocycles. The monoisotopic (exact) mass is 292 g/mol. The molecule has 1 aromatic carbocycles. The molecule has 0 radical (unpaired) electrons. The van der Waals surface area contributed by atoms with Crippen LogP contribution in [0.25, 0.3) is 0 Å². The Bertz CT molecular complexity index is 511. The highest BCUT2D eigenvalue weighted by molar-refractivity contribution is 6.02. The number of Topliss-reactive ketones (excluding diaryl/α,β-unsaturated/α-hetero) is 1. The summed E-state index contributed by atoms with van der Waals surface area (Å²) in [4.78, 5) is 34.1. The van der Waals surface area contributed by atoms with E-state index in [-0.39, 0.29) is 18.1 Å². The highest BCUT2D eigenvalue weighted by Crippen LogP contribution is 2.12. The molecule has 21 heavy (non-hydrogen) atoms. The molecule has 0 aliphatic carbocycles. The third-order valence-corrected chi connectivity index (χ3v) is 2.83. The molecule has 3 N–H and O–H groups in total. The van der Waals surface area contributed by atoms with Crippen LogP contribution in [0.5, 0.6) is 0 Å². The topological polar surface area (TPSA) is 95.5 Å². The maximum atomic E-state index is 12.3. The Labute approximate surface area is 123 Å². The van der Waals surface area contributed by atoms with Crippen LogP contribution in [0.2, 0.25) is 0 Å². The lowest BCUT2D eigenvalue weighted by molar-refractivity contribution is -0.137. The molecular formula is C15H20N2O4. The van der Waals surface area contributed by atoms with E-state index in [1.807, 2.05) is 6.92 Å². The van der Waals surface area contributed by atoms with Crippen LogP contribution in [-0.4, -0.2) is 35.4 Å². The largest absolute Gasteiger partial charge is 0.481 e. The Kier molecular flexibility index (Phi) is 6.55. The van der Waals surface area contributed by atoms with E-state index < -0.39 is 12.0 Å². The second-order valence-electron chi connectivity index (χ2n) is 4.73. The molecule has 0 aromatic heterocycles. The lowest BCUT2D eigenvalue weighted by Crippen LogP contribution is -2.39. The van der Waals surface area contributed by atoms with E-state index in [9.17, 15) is 14.4 Å². The van der Waals surface area contributed by atoms with Crippen LogP contribution in [0.15, 0.2) is 24.3 Å². The highest BCUT2D eigenvalue weighted by atomic mass is 16.4. The van der Waals surface area contributed by atoms with Crippen LogP contribution in [0.1, 0.15) is 37.0 Å². The van der Waals surface area contributed by atoms with Gasteiger partial charge < -0.3 is 15.7 Å².